The first-order valence-corrected chi connectivity index (χ1v) is 5.81. The Bertz CT molecular complexity index is 509. The lowest BCUT2D eigenvalue weighted by Crippen LogP contribution is -2.24. The lowest BCUT2D eigenvalue weighted by Gasteiger charge is -2.15. The minimum absolute atomic E-state index is 0.0488. The number of aliphatic hydroxyl groups excluding tert-OH is 1. The summed E-state index contributed by atoms with van der Waals surface area (Å²) in [6.45, 7) is -0.533. The van der Waals surface area contributed by atoms with Crippen molar-refractivity contribution in [2.24, 2.45) is 0 Å². The molecular weight excluding hydrogens is 268 g/mol. The molecule has 7 heteroatoms. The van der Waals surface area contributed by atoms with Crippen LogP contribution in [0.15, 0.2) is 24.3 Å². The molecule has 0 amide bonds. The molecule has 0 aliphatic heterocycles. The quantitative estimate of drug-likeness (QED) is 0.631. The number of carbonyl (C=O) groups excluding carboxylic acids is 1. The van der Waals surface area contributed by atoms with Crippen molar-refractivity contribution >= 4 is 17.9 Å². The van der Waals surface area contributed by atoms with Gasteiger partial charge < -0.3 is 20.1 Å². The molecule has 0 saturated carbocycles. The van der Waals surface area contributed by atoms with E-state index in [0.29, 0.717) is 0 Å². The molecule has 0 aliphatic carbocycles. The summed E-state index contributed by atoms with van der Waals surface area (Å²) in [6.07, 6.45) is -1.30. The van der Waals surface area contributed by atoms with E-state index in [0.717, 1.165) is 0 Å². The second kappa shape index (κ2) is 7.25. The highest BCUT2D eigenvalue weighted by Gasteiger charge is 2.21. The monoisotopic (exact) mass is 282 g/mol. The van der Waals surface area contributed by atoms with Crippen molar-refractivity contribution in [1.82, 2.24) is 0 Å². The average molecular weight is 282 g/mol. The van der Waals surface area contributed by atoms with Gasteiger partial charge in [-0.2, -0.15) is 0 Å². The van der Waals surface area contributed by atoms with Crippen LogP contribution < -0.4 is 0 Å². The number of carbonyl (C=O) groups is 3. The molecule has 0 fully saturated rings. The fourth-order valence-electron chi connectivity index (χ4n) is 1.53. The molecule has 20 heavy (non-hydrogen) atoms. The lowest BCUT2D eigenvalue weighted by molar-refractivity contribution is -0.137. The molecule has 1 unspecified atom stereocenters. The van der Waals surface area contributed by atoms with Crippen molar-refractivity contribution in [2.75, 3.05) is 6.61 Å². The molecule has 3 N–H and O–H groups in total. The van der Waals surface area contributed by atoms with Gasteiger partial charge in [0.25, 0.3) is 0 Å². The van der Waals surface area contributed by atoms with Crippen LogP contribution in [0.5, 0.6) is 0 Å². The minimum atomic E-state index is -1.27. The Morgan fingerprint density at radius 2 is 1.70 bits per heavy atom. The van der Waals surface area contributed by atoms with Crippen molar-refractivity contribution in [3.8, 4) is 0 Å². The minimum Gasteiger partial charge on any atom is -0.481 e. The molecule has 0 spiro atoms. The van der Waals surface area contributed by atoms with Crippen molar-refractivity contribution in [2.45, 2.75) is 18.9 Å². The Morgan fingerprint density at radius 1 is 1.10 bits per heavy atom. The van der Waals surface area contributed by atoms with Crippen LogP contribution in [0.25, 0.3) is 0 Å². The van der Waals surface area contributed by atoms with Crippen LogP contribution in [-0.4, -0.2) is 45.9 Å². The molecule has 1 aromatic carbocycles. The average Bonchev–Trinajstić information content (AvgIpc) is 2.42. The zero-order valence-electron chi connectivity index (χ0n) is 10.5. The highest BCUT2D eigenvalue weighted by molar-refractivity contribution is 6.02. The van der Waals surface area contributed by atoms with E-state index >= 15 is 0 Å². The molecule has 0 aliphatic rings. The molecule has 108 valence electrons. The van der Waals surface area contributed by atoms with Crippen LogP contribution in [0.2, 0.25) is 0 Å². The van der Waals surface area contributed by atoms with Gasteiger partial charge in [0, 0.05) is 6.42 Å². The maximum Gasteiger partial charge on any atom is 0.339 e. The summed E-state index contributed by atoms with van der Waals surface area (Å²) in [5.41, 5.74) is -0.360. The normalized spacial score (nSPS) is 11.7. The maximum atomic E-state index is 11.8. The van der Waals surface area contributed by atoms with Gasteiger partial charge in [0.05, 0.1) is 17.7 Å². The molecule has 1 atom stereocenters. The van der Waals surface area contributed by atoms with Crippen molar-refractivity contribution < 1.29 is 34.4 Å². The molecule has 0 aromatic heterocycles. The number of aromatic carboxylic acids is 1. The second-order valence-electron chi connectivity index (χ2n) is 3.99. The van der Waals surface area contributed by atoms with Crippen LogP contribution >= 0.6 is 0 Å². The first kappa shape index (κ1) is 15.6. The van der Waals surface area contributed by atoms with Gasteiger partial charge in [-0.25, -0.2) is 9.59 Å². The van der Waals surface area contributed by atoms with Crippen LogP contribution in [0, 0.1) is 0 Å². The second-order valence-corrected chi connectivity index (χ2v) is 3.99. The zero-order chi connectivity index (χ0) is 15.1. The van der Waals surface area contributed by atoms with E-state index in [2.05, 4.69) is 0 Å². The van der Waals surface area contributed by atoms with Crippen molar-refractivity contribution in [3.05, 3.63) is 35.4 Å². The van der Waals surface area contributed by atoms with Gasteiger partial charge in [-0.05, 0) is 18.6 Å². The van der Waals surface area contributed by atoms with E-state index in [4.69, 9.17) is 20.1 Å². The molecular formula is C13H14O7. The fraction of sp³-hybridized carbons (Fsp3) is 0.308. The van der Waals surface area contributed by atoms with Gasteiger partial charge >= 0.3 is 17.9 Å². The number of hydrogen-bond donors (Lipinski definition) is 3. The SMILES string of the molecule is O=C(O)CCC(CO)OC(=O)c1ccccc1C(=O)O. The number of hydrogen-bond acceptors (Lipinski definition) is 5. The van der Waals surface area contributed by atoms with E-state index in [1.807, 2.05) is 0 Å². The van der Waals surface area contributed by atoms with Gasteiger partial charge in [0.1, 0.15) is 6.10 Å². The Morgan fingerprint density at radius 3 is 2.20 bits per heavy atom. The Hall–Kier alpha value is -2.41. The Labute approximate surface area is 114 Å². The molecule has 0 radical (unpaired) electrons. The molecule has 7 nitrogen and oxygen atoms in total. The molecule has 0 heterocycles. The van der Waals surface area contributed by atoms with Gasteiger partial charge in [-0.1, -0.05) is 12.1 Å². The molecule has 1 aromatic rings. The summed E-state index contributed by atoms with van der Waals surface area (Å²) >= 11 is 0. The number of carboxylic acids is 2. The van der Waals surface area contributed by atoms with E-state index in [9.17, 15) is 14.4 Å². The standard InChI is InChI=1S/C13H14O7/c14-7-8(5-6-11(15)16)20-13(19)10-4-2-1-3-9(10)12(17)18/h1-4,8,14H,5-7H2,(H,15,16)(H,17,18). The third-order valence-corrected chi connectivity index (χ3v) is 2.53. The number of benzene rings is 1. The predicted octanol–water partition coefficient (Wildman–Crippen LogP) is 0.767. The van der Waals surface area contributed by atoms with Gasteiger partial charge in [0.2, 0.25) is 0 Å². The topological polar surface area (TPSA) is 121 Å². The number of esters is 1. The fourth-order valence-corrected chi connectivity index (χ4v) is 1.53. The summed E-state index contributed by atoms with van der Waals surface area (Å²) in [5, 5.41) is 26.5. The summed E-state index contributed by atoms with van der Waals surface area (Å²) in [6, 6.07) is 5.49. The first-order chi connectivity index (χ1) is 9.45. The molecule has 0 bridgehead atoms. The van der Waals surface area contributed by atoms with E-state index in [1.54, 1.807) is 0 Å². The van der Waals surface area contributed by atoms with E-state index < -0.39 is 30.6 Å². The highest BCUT2D eigenvalue weighted by Crippen LogP contribution is 2.13. The third-order valence-electron chi connectivity index (χ3n) is 2.53. The number of rotatable bonds is 7. The first-order valence-electron chi connectivity index (χ1n) is 5.81. The highest BCUT2D eigenvalue weighted by atomic mass is 16.6. The summed E-state index contributed by atoms with van der Waals surface area (Å²) in [4.78, 5) is 33.2. The summed E-state index contributed by atoms with van der Waals surface area (Å²) in [7, 11) is 0. The van der Waals surface area contributed by atoms with E-state index in [-0.39, 0.29) is 24.0 Å². The number of ether oxygens (including phenoxy) is 1. The lowest BCUT2D eigenvalue weighted by atomic mass is 10.1. The third kappa shape index (κ3) is 4.36. The van der Waals surface area contributed by atoms with Gasteiger partial charge in [-0.15, -0.1) is 0 Å². The van der Waals surface area contributed by atoms with Gasteiger partial charge in [-0.3, -0.25) is 4.79 Å². The van der Waals surface area contributed by atoms with Crippen LogP contribution in [-0.2, 0) is 9.53 Å². The van der Waals surface area contributed by atoms with Crippen LogP contribution in [0.3, 0.4) is 0 Å². The predicted molar refractivity (Wildman–Crippen MR) is 66.6 cm³/mol. The number of aliphatic hydroxyl groups is 1. The van der Waals surface area contributed by atoms with Crippen LogP contribution in [0.4, 0.5) is 0 Å². The molecule has 0 saturated heterocycles. The zero-order valence-corrected chi connectivity index (χ0v) is 10.5. The number of aliphatic carboxylic acids is 1. The maximum absolute atomic E-state index is 11.8. The summed E-state index contributed by atoms with van der Waals surface area (Å²) < 4.78 is 4.91. The Balaban J connectivity index is 2.79. The Kier molecular flexibility index (Phi) is 5.67. The van der Waals surface area contributed by atoms with E-state index in [1.165, 1.54) is 24.3 Å². The van der Waals surface area contributed by atoms with Crippen molar-refractivity contribution in [3.63, 3.8) is 0 Å². The van der Waals surface area contributed by atoms with Crippen LogP contribution in [0.1, 0.15) is 33.6 Å². The largest absolute Gasteiger partial charge is 0.481 e. The molecule has 1 rings (SSSR count). The van der Waals surface area contributed by atoms with Gasteiger partial charge in [0.15, 0.2) is 0 Å². The number of carboxylic acid groups (broad SMARTS) is 2. The smallest absolute Gasteiger partial charge is 0.339 e. The summed E-state index contributed by atoms with van der Waals surface area (Å²) in [5.74, 6) is -3.26. The van der Waals surface area contributed by atoms with Crippen molar-refractivity contribution in [1.29, 1.82) is 0 Å².